The van der Waals surface area contributed by atoms with Crippen molar-refractivity contribution in [3.63, 3.8) is 0 Å². The molecule has 1 aliphatic heterocycles. The largest absolute Gasteiger partial charge is 0.322 e. The topological polar surface area (TPSA) is 66.5 Å². The fourth-order valence-electron chi connectivity index (χ4n) is 3.67. The minimum Gasteiger partial charge on any atom is -0.322 e. The SMILES string of the molecule is Cc1ccc(NC(=O)c2ccc3c(c2)C[C@H](C)N3S(=O)(=O)c2ccc(F)cc2)cc1. The van der Waals surface area contributed by atoms with Crippen LogP contribution >= 0.6 is 0 Å². The van der Waals surface area contributed by atoms with Gasteiger partial charge in [-0.1, -0.05) is 17.7 Å². The van der Waals surface area contributed by atoms with E-state index >= 15 is 0 Å². The van der Waals surface area contributed by atoms with E-state index in [-0.39, 0.29) is 16.8 Å². The molecule has 3 aromatic rings. The number of carbonyl (C=O) groups is 1. The fraction of sp³-hybridized carbons (Fsp3) is 0.174. The van der Waals surface area contributed by atoms with Gasteiger partial charge < -0.3 is 5.32 Å². The van der Waals surface area contributed by atoms with Gasteiger partial charge in [0.1, 0.15) is 5.82 Å². The zero-order valence-electron chi connectivity index (χ0n) is 16.6. The average Bonchev–Trinajstić information content (AvgIpc) is 3.05. The van der Waals surface area contributed by atoms with Crippen molar-refractivity contribution in [2.75, 3.05) is 9.62 Å². The first-order chi connectivity index (χ1) is 14.3. The van der Waals surface area contributed by atoms with Crippen molar-refractivity contribution >= 4 is 27.3 Å². The van der Waals surface area contributed by atoms with Gasteiger partial charge in [-0.15, -0.1) is 0 Å². The number of hydrogen-bond donors (Lipinski definition) is 1. The third kappa shape index (κ3) is 3.68. The summed E-state index contributed by atoms with van der Waals surface area (Å²) in [6.07, 6.45) is 0.488. The summed E-state index contributed by atoms with van der Waals surface area (Å²) in [5.41, 5.74) is 3.58. The van der Waals surface area contributed by atoms with E-state index in [2.05, 4.69) is 5.32 Å². The second-order valence-corrected chi connectivity index (χ2v) is 9.29. The second-order valence-electron chi connectivity index (χ2n) is 7.47. The molecule has 4 rings (SSSR count). The lowest BCUT2D eigenvalue weighted by Gasteiger charge is -2.24. The molecule has 30 heavy (non-hydrogen) atoms. The third-order valence-corrected chi connectivity index (χ3v) is 7.12. The summed E-state index contributed by atoms with van der Waals surface area (Å²) in [6.45, 7) is 3.78. The number of rotatable bonds is 4. The number of anilines is 2. The van der Waals surface area contributed by atoms with Gasteiger partial charge in [0, 0.05) is 17.3 Å². The molecule has 0 bridgehead atoms. The van der Waals surface area contributed by atoms with E-state index in [0.717, 1.165) is 23.3 Å². The molecule has 0 radical (unpaired) electrons. The maximum absolute atomic E-state index is 13.2. The number of halogens is 1. The van der Waals surface area contributed by atoms with Crippen LogP contribution in [0.5, 0.6) is 0 Å². The maximum Gasteiger partial charge on any atom is 0.264 e. The number of hydrogen-bond acceptors (Lipinski definition) is 3. The number of sulfonamides is 1. The highest BCUT2D eigenvalue weighted by Crippen LogP contribution is 2.37. The molecule has 7 heteroatoms. The second kappa shape index (κ2) is 7.57. The average molecular weight is 424 g/mol. The van der Waals surface area contributed by atoms with Crippen molar-refractivity contribution in [3.05, 3.63) is 89.2 Å². The Morgan fingerprint density at radius 3 is 2.37 bits per heavy atom. The van der Waals surface area contributed by atoms with Crippen LogP contribution in [0.25, 0.3) is 0 Å². The predicted octanol–water partition coefficient (Wildman–Crippen LogP) is 4.53. The summed E-state index contributed by atoms with van der Waals surface area (Å²) in [5.74, 6) is -0.748. The Morgan fingerprint density at radius 1 is 1.03 bits per heavy atom. The number of fused-ring (bicyclic) bond motifs is 1. The molecule has 0 aliphatic carbocycles. The molecule has 1 N–H and O–H groups in total. The van der Waals surface area contributed by atoms with Crippen LogP contribution in [0, 0.1) is 12.7 Å². The number of nitrogens with zero attached hydrogens (tertiary/aromatic N) is 1. The highest BCUT2D eigenvalue weighted by atomic mass is 32.2. The van der Waals surface area contributed by atoms with Gasteiger partial charge in [-0.25, -0.2) is 12.8 Å². The predicted molar refractivity (Wildman–Crippen MR) is 115 cm³/mol. The fourth-order valence-corrected chi connectivity index (χ4v) is 5.36. The molecule has 154 valence electrons. The molecule has 5 nitrogen and oxygen atoms in total. The summed E-state index contributed by atoms with van der Waals surface area (Å²) in [7, 11) is -3.84. The first-order valence-electron chi connectivity index (χ1n) is 9.56. The smallest absolute Gasteiger partial charge is 0.264 e. The van der Waals surface area contributed by atoms with E-state index in [1.165, 1.54) is 16.4 Å². The zero-order chi connectivity index (χ0) is 21.5. The summed E-state index contributed by atoms with van der Waals surface area (Å²) < 4.78 is 40.8. The van der Waals surface area contributed by atoms with Crippen molar-refractivity contribution in [1.29, 1.82) is 0 Å². The Morgan fingerprint density at radius 2 is 1.70 bits per heavy atom. The Balaban J connectivity index is 1.62. The van der Waals surface area contributed by atoms with Crippen molar-refractivity contribution in [1.82, 2.24) is 0 Å². The van der Waals surface area contributed by atoms with Gasteiger partial charge in [-0.3, -0.25) is 9.10 Å². The van der Waals surface area contributed by atoms with E-state index in [9.17, 15) is 17.6 Å². The summed E-state index contributed by atoms with van der Waals surface area (Å²) in [4.78, 5) is 12.7. The van der Waals surface area contributed by atoms with Gasteiger partial charge >= 0.3 is 0 Å². The molecule has 1 heterocycles. The highest BCUT2D eigenvalue weighted by molar-refractivity contribution is 7.92. The molecular formula is C23H21FN2O3S. The molecule has 0 saturated heterocycles. The number of aryl methyl sites for hydroxylation is 1. The van der Waals surface area contributed by atoms with Crippen molar-refractivity contribution in [2.24, 2.45) is 0 Å². The van der Waals surface area contributed by atoms with Crippen molar-refractivity contribution in [2.45, 2.75) is 31.2 Å². The lowest BCUT2D eigenvalue weighted by atomic mass is 10.1. The van der Waals surface area contributed by atoms with Crippen LogP contribution < -0.4 is 9.62 Å². The van der Waals surface area contributed by atoms with E-state index < -0.39 is 15.8 Å². The number of amides is 1. The van der Waals surface area contributed by atoms with Crippen LogP contribution in [0.4, 0.5) is 15.8 Å². The van der Waals surface area contributed by atoms with Crippen LogP contribution in [-0.2, 0) is 16.4 Å². The van der Waals surface area contributed by atoms with Gasteiger partial charge in [0.15, 0.2) is 0 Å². The Hall–Kier alpha value is -3.19. The molecule has 3 aromatic carbocycles. The maximum atomic E-state index is 13.2. The van der Waals surface area contributed by atoms with Gasteiger partial charge in [0.2, 0.25) is 0 Å². The van der Waals surface area contributed by atoms with Crippen molar-refractivity contribution in [3.8, 4) is 0 Å². The minimum absolute atomic E-state index is 0.0322. The van der Waals surface area contributed by atoms with Crippen LogP contribution in [0.1, 0.15) is 28.4 Å². The lowest BCUT2D eigenvalue weighted by Crippen LogP contribution is -2.35. The minimum atomic E-state index is -3.84. The first kappa shape index (κ1) is 20.1. The first-order valence-corrected chi connectivity index (χ1v) is 11.0. The van der Waals surface area contributed by atoms with E-state index in [4.69, 9.17) is 0 Å². The van der Waals surface area contributed by atoms with Crippen LogP contribution in [0.15, 0.2) is 71.6 Å². The molecule has 0 fully saturated rings. The van der Waals surface area contributed by atoms with Gasteiger partial charge in [0.05, 0.1) is 10.6 Å². The Labute approximate surface area is 175 Å². The molecule has 1 amide bonds. The van der Waals surface area contributed by atoms with Crippen molar-refractivity contribution < 1.29 is 17.6 Å². The van der Waals surface area contributed by atoms with Crippen LogP contribution in [0.2, 0.25) is 0 Å². The lowest BCUT2D eigenvalue weighted by molar-refractivity contribution is 0.102. The third-order valence-electron chi connectivity index (χ3n) is 5.17. The van der Waals surface area contributed by atoms with Gasteiger partial charge in [-0.05, 0) is 80.4 Å². The van der Waals surface area contributed by atoms with Crippen LogP contribution in [0.3, 0.4) is 0 Å². The van der Waals surface area contributed by atoms with Gasteiger partial charge in [-0.2, -0.15) is 0 Å². The van der Waals surface area contributed by atoms with E-state index in [1.54, 1.807) is 18.2 Å². The normalized spacial score (nSPS) is 15.7. The highest BCUT2D eigenvalue weighted by Gasteiger charge is 2.36. The molecule has 0 aromatic heterocycles. The van der Waals surface area contributed by atoms with E-state index in [1.807, 2.05) is 38.1 Å². The molecule has 0 unspecified atom stereocenters. The monoisotopic (exact) mass is 424 g/mol. The zero-order valence-corrected chi connectivity index (χ0v) is 17.4. The van der Waals surface area contributed by atoms with Crippen LogP contribution in [-0.4, -0.2) is 20.4 Å². The molecule has 0 saturated carbocycles. The summed E-state index contributed by atoms with van der Waals surface area (Å²) >= 11 is 0. The van der Waals surface area contributed by atoms with Gasteiger partial charge in [0.25, 0.3) is 15.9 Å². The molecular weight excluding hydrogens is 403 g/mol. The molecule has 0 spiro atoms. The van der Waals surface area contributed by atoms with E-state index in [0.29, 0.717) is 23.4 Å². The summed E-state index contributed by atoms with van der Waals surface area (Å²) in [6, 6.07) is 17.0. The Bertz CT molecular complexity index is 1210. The molecule has 1 atom stereocenters. The quantitative estimate of drug-likeness (QED) is 0.669. The Kier molecular flexibility index (Phi) is 5.07. The number of carbonyl (C=O) groups excluding carboxylic acids is 1. The number of benzene rings is 3. The molecule has 1 aliphatic rings. The summed E-state index contributed by atoms with van der Waals surface area (Å²) in [5, 5.41) is 2.85. The standard InChI is InChI=1S/C23H21FN2O3S/c1-15-3-8-20(9-4-15)25-23(27)17-5-12-22-18(14-17)13-16(2)26(22)30(28,29)21-10-6-19(24)7-11-21/h3-12,14,16H,13H2,1-2H3,(H,25,27)/t16-/m0/s1. The number of nitrogens with one attached hydrogen (secondary N) is 1.